The van der Waals surface area contributed by atoms with Crippen LogP contribution in [0.3, 0.4) is 0 Å². The summed E-state index contributed by atoms with van der Waals surface area (Å²) in [6, 6.07) is 10.8. The first-order valence-electron chi connectivity index (χ1n) is 5.65. The lowest BCUT2D eigenvalue weighted by Crippen LogP contribution is -1.94. The minimum Gasteiger partial charge on any atom is -0.258 e. The van der Waals surface area contributed by atoms with E-state index in [-0.39, 0.29) is 10.6 Å². The van der Waals surface area contributed by atoms with Gasteiger partial charge in [0.05, 0.1) is 4.92 Å². The Hall–Kier alpha value is -1.20. The van der Waals surface area contributed by atoms with Gasteiger partial charge in [-0.15, -0.1) is 0 Å². The van der Waals surface area contributed by atoms with Gasteiger partial charge in [0.2, 0.25) is 0 Å². The Labute approximate surface area is 128 Å². The quantitative estimate of drug-likeness (QED) is 0.550. The SMILES string of the molecule is Cc1cc(Br)c(Cc2ccc([N+](=O)[O-])cc2)c(Br)c1. The summed E-state index contributed by atoms with van der Waals surface area (Å²) in [5.41, 5.74) is 3.47. The van der Waals surface area contributed by atoms with Crippen LogP contribution in [0, 0.1) is 17.0 Å². The predicted molar refractivity (Wildman–Crippen MR) is 82.5 cm³/mol. The number of non-ortho nitro benzene ring substituents is 1. The van der Waals surface area contributed by atoms with Crippen molar-refractivity contribution in [3.63, 3.8) is 0 Å². The zero-order chi connectivity index (χ0) is 14.0. The number of rotatable bonds is 3. The molecule has 0 aromatic heterocycles. The van der Waals surface area contributed by atoms with E-state index in [2.05, 4.69) is 44.0 Å². The van der Waals surface area contributed by atoms with Gasteiger partial charge >= 0.3 is 0 Å². The maximum atomic E-state index is 10.6. The van der Waals surface area contributed by atoms with E-state index < -0.39 is 0 Å². The highest BCUT2D eigenvalue weighted by atomic mass is 79.9. The van der Waals surface area contributed by atoms with Gasteiger partial charge in [0, 0.05) is 21.1 Å². The first-order valence-corrected chi connectivity index (χ1v) is 7.24. The highest BCUT2D eigenvalue weighted by Crippen LogP contribution is 2.29. The zero-order valence-electron chi connectivity index (χ0n) is 10.2. The fraction of sp³-hybridized carbons (Fsp3) is 0.143. The molecular weight excluding hydrogens is 374 g/mol. The molecule has 0 amide bonds. The summed E-state index contributed by atoms with van der Waals surface area (Å²) in [7, 11) is 0. The smallest absolute Gasteiger partial charge is 0.258 e. The number of nitrogens with zero attached hydrogens (tertiary/aromatic N) is 1. The van der Waals surface area contributed by atoms with E-state index in [0.717, 1.165) is 26.5 Å². The minimum atomic E-state index is -0.387. The van der Waals surface area contributed by atoms with E-state index in [1.165, 1.54) is 17.7 Å². The second-order valence-electron chi connectivity index (χ2n) is 4.31. The molecule has 0 bridgehead atoms. The van der Waals surface area contributed by atoms with Crippen LogP contribution in [0.5, 0.6) is 0 Å². The maximum absolute atomic E-state index is 10.6. The van der Waals surface area contributed by atoms with E-state index in [0.29, 0.717) is 0 Å². The lowest BCUT2D eigenvalue weighted by atomic mass is 10.0. The maximum Gasteiger partial charge on any atom is 0.269 e. The molecule has 0 aliphatic heterocycles. The summed E-state index contributed by atoms with van der Waals surface area (Å²) in [6.45, 7) is 2.03. The van der Waals surface area contributed by atoms with Crippen LogP contribution in [0.2, 0.25) is 0 Å². The molecular formula is C14H11Br2NO2. The molecule has 0 aliphatic rings. The van der Waals surface area contributed by atoms with Crippen molar-refractivity contribution in [2.75, 3.05) is 0 Å². The van der Waals surface area contributed by atoms with Gasteiger partial charge in [-0.05, 0) is 42.2 Å². The van der Waals surface area contributed by atoms with E-state index in [1.54, 1.807) is 12.1 Å². The van der Waals surface area contributed by atoms with E-state index in [4.69, 9.17) is 0 Å². The third-order valence-corrected chi connectivity index (χ3v) is 4.23. The van der Waals surface area contributed by atoms with Crippen LogP contribution in [0.25, 0.3) is 0 Å². The van der Waals surface area contributed by atoms with Gasteiger partial charge in [-0.25, -0.2) is 0 Å². The number of nitro benzene ring substituents is 1. The Morgan fingerprint density at radius 3 is 2.11 bits per heavy atom. The summed E-state index contributed by atoms with van der Waals surface area (Å²) in [5, 5.41) is 10.6. The first kappa shape index (κ1) is 14.2. The summed E-state index contributed by atoms with van der Waals surface area (Å²) < 4.78 is 2.08. The monoisotopic (exact) mass is 383 g/mol. The van der Waals surface area contributed by atoms with Crippen molar-refractivity contribution < 1.29 is 4.92 Å². The van der Waals surface area contributed by atoms with E-state index in [1.807, 2.05) is 6.92 Å². The normalized spacial score (nSPS) is 10.5. The van der Waals surface area contributed by atoms with Crippen LogP contribution in [-0.2, 0) is 6.42 Å². The van der Waals surface area contributed by atoms with Crippen molar-refractivity contribution in [3.05, 3.63) is 72.1 Å². The summed E-state index contributed by atoms with van der Waals surface area (Å²) in [5.74, 6) is 0. The van der Waals surface area contributed by atoms with Crippen molar-refractivity contribution in [2.24, 2.45) is 0 Å². The largest absolute Gasteiger partial charge is 0.269 e. The van der Waals surface area contributed by atoms with Crippen LogP contribution in [0.1, 0.15) is 16.7 Å². The van der Waals surface area contributed by atoms with Gasteiger partial charge in [-0.3, -0.25) is 10.1 Å². The predicted octanol–water partition coefficient (Wildman–Crippen LogP) is 5.02. The van der Waals surface area contributed by atoms with Gasteiger partial charge in [0.25, 0.3) is 5.69 Å². The molecule has 0 N–H and O–H groups in total. The molecule has 19 heavy (non-hydrogen) atoms. The van der Waals surface area contributed by atoms with Crippen LogP contribution >= 0.6 is 31.9 Å². The van der Waals surface area contributed by atoms with Crippen molar-refractivity contribution >= 4 is 37.5 Å². The van der Waals surface area contributed by atoms with Gasteiger partial charge in [0.1, 0.15) is 0 Å². The number of aryl methyl sites for hydroxylation is 1. The highest BCUT2D eigenvalue weighted by Gasteiger charge is 2.09. The molecule has 5 heteroatoms. The number of hydrogen-bond donors (Lipinski definition) is 0. The molecule has 0 fully saturated rings. The van der Waals surface area contributed by atoms with Crippen LogP contribution in [0.15, 0.2) is 45.3 Å². The van der Waals surface area contributed by atoms with Crippen molar-refractivity contribution in [2.45, 2.75) is 13.3 Å². The second-order valence-corrected chi connectivity index (χ2v) is 6.02. The average Bonchev–Trinajstić information content (AvgIpc) is 2.34. The Morgan fingerprint density at radius 2 is 1.63 bits per heavy atom. The molecule has 3 nitrogen and oxygen atoms in total. The Morgan fingerprint density at radius 1 is 1.11 bits per heavy atom. The molecule has 2 aromatic rings. The molecule has 0 radical (unpaired) electrons. The number of halogens is 2. The second kappa shape index (κ2) is 5.84. The molecule has 0 aliphatic carbocycles. The lowest BCUT2D eigenvalue weighted by Gasteiger charge is -2.09. The molecule has 0 saturated carbocycles. The van der Waals surface area contributed by atoms with E-state index >= 15 is 0 Å². The molecule has 2 aromatic carbocycles. The van der Waals surface area contributed by atoms with Crippen molar-refractivity contribution in [1.82, 2.24) is 0 Å². The molecule has 0 saturated heterocycles. The average molecular weight is 385 g/mol. The third kappa shape index (κ3) is 3.42. The molecule has 2 rings (SSSR count). The Kier molecular flexibility index (Phi) is 4.37. The number of benzene rings is 2. The summed E-state index contributed by atoms with van der Waals surface area (Å²) in [4.78, 5) is 10.2. The molecule has 0 spiro atoms. The van der Waals surface area contributed by atoms with Crippen molar-refractivity contribution in [3.8, 4) is 0 Å². The van der Waals surface area contributed by atoms with Crippen molar-refractivity contribution in [1.29, 1.82) is 0 Å². The number of nitro groups is 1. The van der Waals surface area contributed by atoms with E-state index in [9.17, 15) is 10.1 Å². The standard InChI is InChI=1S/C14H11Br2NO2/c1-9-6-13(15)12(14(16)7-9)8-10-2-4-11(5-3-10)17(18)19/h2-7H,8H2,1H3. The molecule has 98 valence electrons. The molecule has 0 heterocycles. The molecule has 0 unspecified atom stereocenters. The Balaban J connectivity index is 2.29. The van der Waals surface area contributed by atoms with Crippen LogP contribution in [-0.4, -0.2) is 4.92 Å². The van der Waals surface area contributed by atoms with Gasteiger partial charge in [-0.1, -0.05) is 44.0 Å². The number of hydrogen-bond acceptors (Lipinski definition) is 2. The minimum absolute atomic E-state index is 0.116. The van der Waals surface area contributed by atoms with Crippen LogP contribution < -0.4 is 0 Å². The van der Waals surface area contributed by atoms with Gasteiger partial charge < -0.3 is 0 Å². The van der Waals surface area contributed by atoms with Crippen LogP contribution in [0.4, 0.5) is 5.69 Å². The van der Waals surface area contributed by atoms with Gasteiger partial charge in [0.15, 0.2) is 0 Å². The molecule has 0 atom stereocenters. The third-order valence-electron chi connectivity index (χ3n) is 2.81. The fourth-order valence-electron chi connectivity index (χ4n) is 1.84. The fourth-order valence-corrected chi connectivity index (χ4v) is 3.53. The highest BCUT2D eigenvalue weighted by molar-refractivity contribution is 9.11. The van der Waals surface area contributed by atoms with Gasteiger partial charge in [-0.2, -0.15) is 0 Å². The topological polar surface area (TPSA) is 43.1 Å². The summed E-state index contributed by atoms with van der Waals surface area (Å²) >= 11 is 7.11. The zero-order valence-corrected chi connectivity index (χ0v) is 13.4. The lowest BCUT2D eigenvalue weighted by molar-refractivity contribution is -0.384. The Bertz CT molecular complexity index is 601. The first-order chi connectivity index (χ1) is 8.97. The summed E-state index contributed by atoms with van der Waals surface area (Å²) in [6.07, 6.45) is 0.722.